The number of rotatable bonds is 5. The number of ether oxygens (including phenoxy) is 1. The minimum atomic E-state index is -2.97. The van der Waals surface area contributed by atoms with Gasteiger partial charge in [0.25, 0.3) is 11.8 Å². The number of likely N-dealkylation sites (tertiary alicyclic amines) is 1. The highest BCUT2D eigenvalue weighted by atomic mass is 19.3. The molecule has 1 aliphatic heterocycles. The number of carbonyl (C=O) groups is 2. The van der Waals surface area contributed by atoms with Gasteiger partial charge >= 0.3 is 6.61 Å². The van der Waals surface area contributed by atoms with Crippen LogP contribution in [0.2, 0.25) is 0 Å². The fraction of sp³-hybridized carbons (Fsp3) is 0.263. The Bertz CT molecular complexity index is 874. The minimum absolute atomic E-state index is 0.0464. The third-order valence-electron chi connectivity index (χ3n) is 4.19. The van der Waals surface area contributed by atoms with Crippen molar-refractivity contribution in [3.05, 3.63) is 59.4 Å². The molecule has 0 aliphatic carbocycles. The second-order valence-corrected chi connectivity index (χ2v) is 6.28. The van der Waals surface area contributed by atoms with E-state index in [1.807, 2.05) is 0 Å². The standard InChI is InChI=1S/C19H17F3N2O4/c20-13-7-12(18(27)24-6-5-15(25)10-24)8-14(9-13)23-17(26)11-1-3-16(4-2-11)28-19(21)22/h1-4,7-9,15,19,25H,5-6,10H2,(H,23,26). The van der Waals surface area contributed by atoms with E-state index in [-0.39, 0.29) is 29.1 Å². The van der Waals surface area contributed by atoms with Crippen LogP contribution in [0, 0.1) is 5.82 Å². The quantitative estimate of drug-likeness (QED) is 0.818. The van der Waals surface area contributed by atoms with Gasteiger partial charge in [-0.2, -0.15) is 8.78 Å². The monoisotopic (exact) mass is 394 g/mol. The Morgan fingerprint density at radius 2 is 1.86 bits per heavy atom. The summed E-state index contributed by atoms with van der Waals surface area (Å²) in [6.07, 6.45) is -0.149. The van der Waals surface area contributed by atoms with Gasteiger partial charge in [0, 0.05) is 29.9 Å². The zero-order chi connectivity index (χ0) is 20.3. The van der Waals surface area contributed by atoms with Gasteiger partial charge in [-0.3, -0.25) is 9.59 Å². The summed E-state index contributed by atoms with van der Waals surface area (Å²) in [4.78, 5) is 26.1. The number of carbonyl (C=O) groups excluding carboxylic acids is 2. The lowest BCUT2D eigenvalue weighted by Crippen LogP contribution is -2.29. The van der Waals surface area contributed by atoms with Crippen LogP contribution in [0.15, 0.2) is 42.5 Å². The van der Waals surface area contributed by atoms with Crippen LogP contribution in [0.4, 0.5) is 18.9 Å². The number of hydrogen-bond donors (Lipinski definition) is 2. The van der Waals surface area contributed by atoms with Crippen molar-refractivity contribution in [2.75, 3.05) is 18.4 Å². The summed E-state index contributed by atoms with van der Waals surface area (Å²) in [5.74, 6) is -1.86. The molecule has 0 saturated carbocycles. The van der Waals surface area contributed by atoms with Crippen molar-refractivity contribution in [2.24, 2.45) is 0 Å². The predicted molar refractivity (Wildman–Crippen MR) is 94.0 cm³/mol. The number of aliphatic hydroxyl groups excluding tert-OH is 1. The minimum Gasteiger partial charge on any atom is -0.435 e. The lowest BCUT2D eigenvalue weighted by atomic mass is 10.1. The fourth-order valence-electron chi connectivity index (χ4n) is 2.89. The maximum Gasteiger partial charge on any atom is 0.387 e. The lowest BCUT2D eigenvalue weighted by molar-refractivity contribution is -0.0498. The molecule has 6 nitrogen and oxygen atoms in total. The van der Waals surface area contributed by atoms with Gasteiger partial charge in [0.2, 0.25) is 0 Å². The summed E-state index contributed by atoms with van der Waals surface area (Å²) < 4.78 is 42.4. The molecule has 2 aromatic carbocycles. The summed E-state index contributed by atoms with van der Waals surface area (Å²) in [7, 11) is 0. The number of hydrogen-bond acceptors (Lipinski definition) is 4. The van der Waals surface area contributed by atoms with Gasteiger partial charge in [0.05, 0.1) is 6.10 Å². The largest absolute Gasteiger partial charge is 0.435 e. The highest BCUT2D eigenvalue weighted by Crippen LogP contribution is 2.20. The molecule has 0 radical (unpaired) electrons. The molecule has 0 spiro atoms. The first kappa shape index (κ1) is 19.7. The van der Waals surface area contributed by atoms with E-state index in [4.69, 9.17) is 0 Å². The van der Waals surface area contributed by atoms with E-state index in [2.05, 4.69) is 10.1 Å². The van der Waals surface area contributed by atoms with Gasteiger partial charge in [-0.1, -0.05) is 0 Å². The van der Waals surface area contributed by atoms with Crippen LogP contribution in [0.25, 0.3) is 0 Å². The molecule has 3 rings (SSSR count). The summed E-state index contributed by atoms with van der Waals surface area (Å²) in [6, 6.07) is 8.43. The van der Waals surface area contributed by atoms with Crippen LogP contribution in [0.3, 0.4) is 0 Å². The number of nitrogens with one attached hydrogen (secondary N) is 1. The highest BCUT2D eigenvalue weighted by Gasteiger charge is 2.26. The van der Waals surface area contributed by atoms with E-state index in [0.717, 1.165) is 12.1 Å². The predicted octanol–water partition coefficient (Wildman–Crippen LogP) is 2.89. The van der Waals surface area contributed by atoms with E-state index in [1.54, 1.807) is 0 Å². The number of halogens is 3. The first-order valence-corrected chi connectivity index (χ1v) is 8.46. The molecule has 0 aromatic heterocycles. The van der Waals surface area contributed by atoms with E-state index < -0.39 is 30.3 Å². The molecule has 0 bridgehead atoms. The Morgan fingerprint density at radius 1 is 1.14 bits per heavy atom. The van der Waals surface area contributed by atoms with Crippen LogP contribution < -0.4 is 10.1 Å². The molecule has 1 saturated heterocycles. The molecule has 2 amide bonds. The average molecular weight is 394 g/mol. The molecule has 2 N–H and O–H groups in total. The molecule has 28 heavy (non-hydrogen) atoms. The molecule has 1 heterocycles. The summed E-state index contributed by atoms with van der Waals surface area (Å²) in [6.45, 7) is -2.44. The number of amides is 2. The first-order chi connectivity index (χ1) is 13.3. The topological polar surface area (TPSA) is 78.9 Å². The molecule has 148 valence electrons. The first-order valence-electron chi connectivity index (χ1n) is 8.46. The van der Waals surface area contributed by atoms with Gasteiger partial charge in [-0.25, -0.2) is 4.39 Å². The van der Waals surface area contributed by atoms with Crippen molar-refractivity contribution in [2.45, 2.75) is 19.1 Å². The normalized spacial score (nSPS) is 16.3. The van der Waals surface area contributed by atoms with Crippen molar-refractivity contribution in [1.29, 1.82) is 0 Å². The van der Waals surface area contributed by atoms with Gasteiger partial charge in [0.1, 0.15) is 11.6 Å². The Balaban J connectivity index is 1.72. The SMILES string of the molecule is O=C(Nc1cc(F)cc(C(=O)N2CCC(O)C2)c1)c1ccc(OC(F)F)cc1. The highest BCUT2D eigenvalue weighted by molar-refractivity contribution is 6.05. The van der Waals surface area contributed by atoms with Crippen molar-refractivity contribution in [3.8, 4) is 5.75 Å². The summed E-state index contributed by atoms with van der Waals surface area (Å²) >= 11 is 0. The molecule has 1 fully saturated rings. The van der Waals surface area contributed by atoms with Crippen molar-refractivity contribution in [3.63, 3.8) is 0 Å². The number of nitrogens with zero attached hydrogens (tertiary/aromatic N) is 1. The molecular formula is C19H17F3N2O4. The van der Waals surface area contributed by atoms with Crippen LogP contribution >= 0.6 is 0 Å². The van der Waals surface area contributed by atoms with E-state index in [1.165, 1.54) is 35.2 Å². The van der Waals surface area contributed by atoms with E-state index in [9.17, 15) is 27.9 Å². The maximum absolute atomic E-state index is 13.9. The second kappa shape index (κ2) is 8.30. The number of β-amino-alcohol motifs (C(OH)–C–C–N with tert-alkyl or cyclic N) is 1. The number of aliphatic hydroxyl groups is 1. The number of benzene rings is 2. The molecule has 1 unspecified atom stereocenters. The molecular weight excluding hydrogens is 377 g/mol. The van der Waals surface area contributed by atoms with Crippen LogP contribution in [0.5, 0.6) is 5.75 Å². The molecule has 1 atom stereocenters. The van der Waals surface area contributed by atoms with Crippen molar-refractivity contribution in [1.82, 2.24) is 4.90 Å². The Kier molecular flexibility index (Phi) is 5.84. The van der Waals surface area contributed by atoms with Crippen LogP contribution in [-0.4, -0.2) is 47.6 Å². The lowest BCUT2D eigenvalue weighted by Gasteiger charge is -2.16. The maximum atomic E-state index is 13.9. The fourth-order valence-corrected chi connectivity index (χ4v) is 2.89. The zero-order valence-electron chi connectivity index (χ0n) is 14.6. The Hall–Kier alpha value is -3.07. The van der Waals surface area contributed by atoms with Crippen LogP contribution in [0.1, 0.15) is 27.1 Å². The summed E-state index contributed by atoms with van der Waals surface area (Å²) in [5.41, 5.74) is 0.257. The number of alkyl halides is 2. The van der Waals surface area contributed by atoms with E-state index >= 15 is 0 Å². The molecule has 2 aromatic rings. The third-order valence-corrected chi connectivity index (χ3v) is 4.19. The number of anilines is 1. The van der Waals surface area contributed by atoms with Crippen molar-refractivity contribution >= 4 is 17.5 Å². The molecule has 1 aliphatic rings. The van der Waals surface area contributed by atoms with Gasteiger partial charge in [-0.05, 0) is 48.9 Å². The zero-order valence-corrected chi connectivity index (χ0v) is 14.6. The van der Waals surface area contributed by atoms with Crippen molar-refractivity contribution < 1.29 is 32.6 Å². The van der Waals surface area contributed by atoms with E-state index in [0.29, 0.717) is 13.0 Å². The Labute approximate surface area is 158 Å². The molecule has 9 heteroatoms. The summed E-state index contributed by atoms with van der Waals surface area (Å²) in [5, 5.41) is 12.0. The average Bonchev–Trinajstić information content (AvgIpc) is 3.07. The Morgan fingerprint density at radius 3 is 2.46 bits per heavy atom. The van der Waals surface area contributed by atoms with Crippen LogP contribution in [-0.2, 0) is 0 Å². The van der Waals surface area contributed by atoms with Gasteiger partial charge in [-0.15, -0.1) is 0 Å². The smallest absolute Gasteiger partial charge is 0.387 e. The van der Waals surface area contributed by atoms with Gasteiger partial charge < -0.3 is 20.1 Å². The second-order valence-electron chi connectivity index (χ2n) is 6.28. The third kappa shape index (κ3) is 4.80. The van der Waals surface area contributed by atoms with Gasteiger partial charge in [0.15, 0.2) is 0 Å².